The lowest BCUT2D eigenvalue weighted by molar-refractivity contribution is -0.137. The fraction of sp³-hybridized carbons (Fsp3) is 0.214. The molecule has 0 unspecified atom stereocenters. The number of amides is 1. The van der Waals surface area contributed by atoms with E-state index in [2.05, 4.69) is 10.3 Å². The summed E-state index contributed by atoms with van der Waals surface area (Å²) in [4.78, 5) is 26.8. The van der Waals surface area contributed by atoms with Gasteiger partial charge in [0.15, 0.2) is 0 Å². The largest absolute Gasteiger partial charge is 0.480 e. The van der Waals surface area contributed by atoms with Gasteiger partial charge in [0.2, 0.25) is 0 Å². The number of pyridine rings is 1. The molecule has 0 aromatic carbocycles. The molecule has 0 radical (unpaired) electrons. The summed E-state index contributed by atoms with van der Waals surface area (Å²) in [7, 11) is 0. The van der Waals surface area contributed by atoms with Gasteiger partial charge in [0.1, 0.15) is 12.2 Å². The van der Waals surface area contributed by atoms with Gasteiger partial charge in [-0.05, 0) is 24.3 Å². The first-order valence-corrected chi connectivity index (χ1v) is 6.22. The fourth-order valence-electron chi connectivity index (χ4n) is 1.84. The molecule has 0 saturated carbocycles. The monoisotopic (exact) mass is 273 g/mol. The Balaban J connectivity index is 1.89. The molecule has 0 saturated heterocycles. The Morgan fingerprint density at radius 2 is 2.10 bits per heavy atom. The van der Waals surface area contributed by atoms with Crippen molar-refractivity contribution >= 4 is 11.9 Å². The van der Waals surface area contributed by atoms with Crippen LogP contribution in [0.3, 0.4) is 0 Å². The molecule has 0 fully saturated rings. The summed E-state index contributed by atoms with van der Waals surface area (Å²) < 4.78 is 1.40. The summed E-state index contributed by atoms with van der Waals surface area (Å²) in [6.45, 7) is 0.226. The summed E-state index contributed by atoms with van der Waals surface area (Å²) in [5.74, 6) is -1.27. The summed E-state index contributed by atoms with van der Waals surface area (Å²) >= 11 is 0. The molecule has 0 spiro atoms. The molecule has 0 atom stereocenters. The zero-order valence-corrected chi connectivity index (χ0v) is 10.8. The van der Waals surface area contributed by atoms with Gasteiger partial charge in [-0.2, -0.15) is 0 Å². The maximum Gasteiger partial charge on any atom is 0.323 e. The Morgan fingerprint density at radius 3 is 2.80 bits per heavy atom. The van der Waals surface area contributed by atoms with Crippen LogP contribution in [0.5, 0.6) is 0 Å². The minimum absolute atomic E-state index is 0.226. The van der Waals surface area contributed by atoms with E-state index < -0.39 is 5.97 Å². The van der Waals surface area contributed by atoms with Crippen LogP contribution in [0.4, 0.5) is 0 Å². The second-order valence-corrected chi connectivity index (χ2v) is 4.24. The average molecular weight is 273 g/mol. The highest BCUT2D eigenvalue weighted by atomic mass is 16.4. The van der Waals surface area contributed by atoms with Gasteiger partial charge in [0.05, 0.1) is 0 Å². The van der Waals surface area contributed by atoms with Gasteiger partial charge in [-0.3, -0.25) is 14.6 Å². The minimum atomic E-state index is -0.983. The number of hydrogen-bond donors (Lipinski definition) is 2. The topological polar surface area (TPSA) is 84.2 Å². The Bertz CT molecular complexity index is 593. The van der Waals surface area contributed by atoms with Crippen LogP contribution in [-0.4, -0.2) is 33.1 Å². The molecular formula is C14H15N3O3. The van der Waals surface area contributed by atoms with E-state index in [9.17, 15) is 9.59 Å². The Labute approximate surface area is 116 Å². The second kappa shape index (κ2) is 6.51. The third-order valence-corrected chi connectivity index (χ3v) is 2.76. The van der Waals surface area contributed by atoms with Gasteiger partial charge in [0, 0.05) is 31.1 Å². The van der Waals surface area contributed by atoms with Gasteiger partial charge in [-0.15, -0.1) is 0 Å². The van der Waals surface area contributed by atoms with E-state index in [-0.39, 0.29) is 12.5 Å². The van der Waals surface area contributed by atoms with Gasteiger partial charge in [0.25, 0.3) is 5.91 Å². The van der Waals surface area contributed by atoms with Crippen LogP contribution in [0.25, 0.3) is 0 Å². The van der Waals surface area contributed by atoms with Crippen molar-refractivity contribution in [3.8, 4) is 0 Å². The lowest BCUT2D eigenvalue weighted by Gasteiger charge is -2.07. The third-order valence-electron chi connectivity index (χ3n) is 2.76. The van der Waals surface area contributed by atoms with E-state index >= 15 is 0 Å². The predicted octanol–water partition coefficient (Wildman–Crippen LogP) is 0.940. The van der Waals surface area contributed by atoms with Crippen molar-refractivity contribution in [1.82, 2.24) is 14.9 Å². The lowest BCUT2D eigenvalue weighted by Crippen LogP contribution is -2.28. The Kier molecular flexibility index (Phi) is 4.49. The van der Waals surface area contributed by atoms with Crippen molar-refractivity contribution in [3.05, 3.63) is 54.1 Å². The number of carbonyl (C=O) groups is 2. The summed E-state index contributed by atoms with van der Waals surface area (Å²) in [5.41, 5.74) is 1.24. The number of carboxylic acid groups (broad SMARTS) is 1. The molecule has 0 aliphatic rings. The number of nitrogens with zero attached hydrogens (tertiary/aromatic N) is 2. The van der Waals surface area contributed by atoms with E-state index in [0.717, 1.165) is 5.69 Å². The number of carbonyl (C=O) groups excluding carboxylic acids is 1. The maximum atomic E-state index is 12.0. The van der Waals surface area contributed by atoms with Crippen LogP contribution in [0, 0.1) is 0 Å². The quantitative estimate of drug-likeness (QED) is 0.820. The highest BCUT2D eigenvalue weighted by molar-refractivity contribution is 5.93. The molecule has 20 heavy (non-hydrogen) atoms. The molecule has 0 bridgehead atoms. The van der Waals surface area contributed by atoms with Crippen molar-refractivity contribution in [2.24, 2.45) is 0 Å². The molecule has 0 aliphatic carbocycles. The van der Waals surface area contributed by atoms with Crippen molar-refractivity contribution in [1.29, 1.82) is 0 Å². The number of nitrogens with one attached hydrogen (secondary N) is 1. The minimum Gasteiger partial charge on any atom is -0.480 e. The highest BCUT2D eigenvalue weighted by Crippen LogP contribution is 2.02. The van der Waals surface area contributed by atoms with Gasteiger partial charge in [-0.25, -0.2) is 0 Å². The Morgan fingerprint density at radius 1 is 1.25 bits per heavy atom. The molecule has 1 amide bonds. The van der Waals surface area contributed by atoms with E-state index in [4.69, 9.17) is 5.11 Å². The van der Waals surface area contributed by atoms with E-state index in [1.807, 2.05) is 18.2 Å². The van der Waals surface area contributed by atoms with E-state index in [0.29, 0.717) is 18.7 Å². The first kappa shape index (κ1) is 13.8. The van der Waals surface area contributed by atoms with E-state index in [1.54, 1.807) is 24.5 Å². The summed E-state index contributed by atoms with van der Waals surface area (Å²) in [6.07, 6.45) is 3.91. The lowest BCUT2D eigenvalue weighted by atomic mass is 10.2. The molecule has 104 valence electrons. The highest BCUT2D eigenvalue weighted by Gasteiger charge is 2.12. The number of aliphatic carboxylic acids is 1. The van der Waals surface area contributed by atoms with Crippen LogP contribution < -0.4 is 5.32 Å². The predicted molar refractivity (Wildman–Crippen MR) is 72.3 cm³/mol. The van der Waals surface area contributed by atoms with Crippen LogP contribution in [-0.2, 0) is 17.8 Å². The number of rotatable bonds is 6. The first-order chi connectivity index (χ1) is 9.66. The summed E-state index contributed by atoms with van der Waals surface area (Å²) in [5, 5.41) is 11.5. The molecular weight excluding hydrogens is 258 g/mol. The zero-order valence-electron chi connectivity index (χ0n) is 10.8. The van der Waals surface area contributed by atoms with Crippen molar-refractivity contribution in [2.75, 3.05) is 6.54 Å². The Hall–Kier alpha value is -2.63. The molecule has 2 heterocycles. The van der Waals surface area contributed by atoms with Crippen LogP contribution in [0.1, 0.15) is 16.2 Å². The zero-order chi connectivity index (χ0) is 14.4. The average Bonchev–Trinajstić information content (AvgIpc) is 2.87. The van der Waals surface area contributed by atoms with Gasteiger partial charge in [-0.1, -0.05) is 6.07 Å². The molecule has 2 N–H and O–H groups in total. The number of hydrogen-bond acceptors (Lipinski definition) is 3. The molecule has 6 heteroatoms. The van der Waals surface area contributed by atoms with Crippen molar-refractivity contribution in [3.63, 3.8) is 0 Å². The van der Waals surface area contributed by atoms with Gasteiger partial charge < -0.3 is 15.0 Å². The SMILES string of the molecule is O=C(O)Cn1cccc1C(=O)NCCc1ccccn1. The molecule has 2 aromatic rings. The number of aromatic nitrogens is 2. The van der Waals surface area contributed by atoms with Crippen molar-refractivity contribution in [2.45, 2.75) is 13.0 Å². The third kappa shape index (κ3) is 3.68. The standard InChI is InChI=1S/C14H15N3O3/c18-13(19)10-17-9-3-5-12(17)14(20)16-8-6-11-4-1-2-7-15-11/h1-5,7,9H,6,8,10H2,(H,16,20)(H,18,19). The molecule has 2 rings (SSSR count). The van der Waals surface area contributed by atoms with Crippen molar-refractivity contribution < 1.29 is 14.7 Å². The van der Waals surface area contributed by atoms with Crippen LogP contribution >= 0.6 is 0 Å². The molecule has 2 aromatic heterocycles. The maximum absolute atomic E-state index is 12.0. The smallest absolute Gasteiger partial charge is 0.323 e. The first-order valence-electron chi connectivity index (χ1n) is 6.22. The summed E-state index contributed by atoms with van der Waals surface area (Å²) in [6, 6.07) is 8.86. The van der Waals surface area contributed by atoms with Gasteiger partial charge >= 0.3 is 5.97 Å². The normalized spacial score (nSPS) is 10.2. The fourth-order valence-corrected chi connectivity index (χ4v) is 1.84. The van der Waals surface area contributed by atoms with Crippen LogP contribution in [0.15, 0.2) is 42.7 Å². The van der Waals surface area contributed by atoms with Crippen LogP contribution in [0.2, 0.25) is 0 Å². The van der Waals surface area contributed by atoms with E-state index in [1.165, 1.54) is 4.57 Å². The molecule has 6 nitrogen and oxygen atoms in total. The molecule has 0 aliphatic heterocycles. The second-order valence-electron chi connectivity index (χ2n) is 4.24. The number of carboxylic acids is 1.